The Kier molecular flexibility index (Phi) is 4.03. The third-order valence-corrected chi connectivity index (χ3v) is 2.76. The lowest BCUT2D eigenvalue weighted by Gasteiger charge is -2.12. The van der Waals surface area contributed by atoms with Crippen molar-refractivity contribution < 1.29 is 4.79 Å². The highest BCUT2D eigenvalue weighted by atomic mass is 32.1. The van der Waals surface area contributed by atoms with Gasteiger partial charge in [0.05, 0.1) is 0 Å². The van der Waals surface area contributed by atoms with Gasteiger partial charge in [-0.25, -0.2) is 0 Å². The lowest BCUT2D eigenvalue weighted by molar-refractivity contribution is -0.110. The van der Waals surface area contributed by atoms with Gasteiger partial charge in [-0.05, 0) is 12.0 Å². The molecule has 0 heterocycles. The van der Waals surface area contributed by atoms with Gasteiger partial charge in [-0.2, -0.15) is 12.6 Å². The van der Waals surface area contributed by atoms with Gasteiger partial charge < -0.3 is 4.79 Å². The Balaban J connectivity index is 2.54. The Morgan fingerprint density at radius 1 is 1.38 bits per heavy atom. The molecule has 0 aliphatic heterocycles. The number of hydrogen-bond acceptors (Lipinski definition) is 2. The first-order valence-corrected chi connectivity index (χ1v) is 4.93. The maximum atomic E-state index is 10.5. The summed E-state index contributed by atoms with van der Waals surface area (Å²) in [6, 6.07) is 10.1. The Bertz CT molecular complexity index is 258. The number of aldehydes is 1. The largest absolute Gasteiger partial charge is 0.303 e. The predicted octanol–water partition coefficient (Wildman–Crippen LogP) is 2.36. The van der Waals surface area contributed by atoms with Gasteiger partial charge in [0.25, 0.3) is 0 Å². The zero-order valence-corrected chi connectivity index (χ0v) is 8.58. The highest BCUT2D eigenvalue weighted by molar-refractivity contribution is 7.81. The van der Waals surface area contributed by atoms with E-state index in [1.165, 1.54) is 5.56 Å². The van der Waals surface area contributed by atoms with Crippen LogP contribution in [0.5, 0.6) is 0 Å². The number of thiol groups is 1. The second-order valence-corrected chi connectivity index (χ2v) is 3.92. The summed E-state index contributed by atoms with van der Waals surface area (Å²) in [5.41, 5.74) is 1.23. The van der Waals surface area contributed by atoms with E-state index in [0.717, 1.165) is 12.7 Å². The molecular weight excluding hydrogens is 180 g/mol. The molecule has 0 bridgehead atoms. The molecule has 1 aromatic carbocycles. The summed E-state index contributed by atoms with van der Waals surface area (Å²) in [6.45, 7) is 1.90. The molecule has 0 amide bonds. The van der Waals surface area contributed by atoms with Gasteiger partial charge in [-0.15, -0.1) is 0 Å². The molecule has 1 nitrogen and oxygen atoms in total. The van der Waals surface area contributed by atoms with Crippen LogP contribution in [0.1, 0.15) is 12.5 Å². The van der Waals surface area contributed by atoms with E-state index in [1.807, 2.05) is 25.1 Å². The van der Waals surface area contributed by atoms with Gasteiger partial charge in [0.1, 0.15) is 6.29 Å². The normalized spacial score (nSPS) is 14.9. The number of benzene rings is 1. The Labute approximate surface area is 84.6 Å². The van der Waals surface area contributed by atoms with E-state index in [9.17, 15) is 4.79 Å². The van der Waals surface area contributed by atoms with Gasteiger partial charge in [0.2, 0.25) is 0 Å². The average Bonchev–Trinajstić information content (AvgIpc) is 2.18. The van der Waals surface area contributed by atoms with E-state index >= 15 is 0 Å². The van der Waals surface area contributed by atoms with Gasteiger partial charge in [-0.3, -0.25) is 0 Å². The van der Waals surface area contributed by atoms with Crippen molar-refractivity contribution in [3.63, 3.8) is 0 Å². The monoisotopic (exact) mass is 194 g/mol. The Morgan fingerprint density at radius 2 is 2.00 bits per heavy atom. The van der Waals surface area contributed by atoms with Crippen molar-refractivity contribution in [2.24, 2.45) is 5.92 Å². The van der Waals surface area contributed by atoms with Crippen molar-refractivity contribution in [3.05, 3.63) is 35.9 Å². The van der Waals surface area contributed by atoms with Crippen LogP contribution in [0.3, 0.4) is 0 Å². The van der Waals surface area contributed by atoms with Gasteiger partial charge >= 0.3 is 0 Å². The minimum Gasteiger partial charge on any atom is -0.303 e. The fraction of sp³-hybridized carbons (Fsp3) is 0.364. The molecule has 0 radical (unpaired) electrons. The molecule has 0 fully saturated rings. The first-order valence-electron chi connectivity index (χ1n) is 4.41. The average molecular weight is 194 g/mol. The summed E-state index contributed by atoms with van der Waals surface area (Å²) in [4.78, 5) is 10.5. The van der Waals surface area contributed by atoms with E-state index in [-0.39, 0.29) is 11.2 Å². The maximum Gasteiger partial charge on any atom is 0.123 e. The molecule has 0 aliphatic carbocycles. The lowest BCUT2D eigenvalue weighted by Crippen LogP contribution is -2.15. The molecule has 0 spiro atoms. The fourth-order valence-electron chi connectivity index (χ4n) is 1.13. The van der Waals surface area contributed by atoms with Crippen molar-refractivity contribution in [3.8, 4) is 0 Å². The number of hydrogen-bond donors (Lipinski definition) is 1. The predicted molar refractivity (Wildman–Crippen MR) is 58.1 cm³/mol. The van der Waals surface area contributed by atoms with E-state index in [0.29, 0.717) is 0 Å². The smallest absolute Gasteiger partial charge is 0.123 e. The zero-order valence-electron chi connectivity index (χ0n) is 7.68. The van der Waals surface area contributed by atoms with E-state index in [2.05, 4.69) is 24.8 Å². The van der Waals surface area contributed by atoms with Crippen LogP contribution in [-0.2, 0) is 11.2 Å². The molecule has 0 N–H and O–H groups in total. The van der Waals surface area contributed by atoms with Crippen molar-refractivity contribution in [1.29, 1.82) is 0 Å². The molecule has 2 heteroatoms. The SMILES string of the molecule is CC(C=O)C(S)Cc1ccccc1. The first-order chi connectivity index (χ1) is 6.24. The number of carbonyl (C=O) groups is 1. The van der Waals surface area contributed by atoms with Crippen molar-refractivity contribution >= 4 is 18.9 Å². The Hall–Kier alpha value is -0.760. The highest BCUT2D eigenvalue weighted by Crippen LogP contribution is 2.14. The van der Waals surface area contributed by atoms with E-state index in [4.69, 9.17) is 0 Å². The standard InChI is InChI=1S/C11H14OS/c1-9(8-12)11(13)7-10-5-3-2-4-6-10/h2-6,8-9,11,13H,7H2,1H3. The van der Waals surface area contributed by atoms with Crippen molar-refractivity contribution in [1.82, 2.24) is 0 Å². The number of rotatable bonds is 4. The molecule has 0 saturated heterocycles. The molecule has 1 aromatic rings. The third-order valence-electron chi connectivity index (χ3n) is 2.11. The van der Waals surface area contributed by atoms with Gasteiger partial charge in [-0.1, -0.05) is 37.3 Å². The van der Waals surface area contributed by atoms with Crippen LogP contribution in [0.15, 0.2) is 30.3 Å². The fourth-order valence-corrected chi connectivity index (χ4v) is 1.41. The summed E-state index contributed by atoms with van der Waals surface area (Å²) >= 11 is 4.39. The van der Waals surface area contributed by atoms with Crippen LogP contribution >= 0.6 is 12.6 Å². The highest BCUT2D eigenvalue weighted by Gasteiger charge is 2.11. The molecule has 70 valence electrons. The second-order valence-electron chi connectivity index (χ2n) is 3.25. The van der Waals surface area contributed by atoms with E-state index in [1.54, 1.807) is 0 Å². The van der Waals surface area contributed by atoms with Crippen molar-refractivity contribution in [2.75, 3.05) is 0 Å². The van der Waals surface area contributed by atoms with Crippen LogP contribution in [0.2, 0.25) is 0 Å². The van der Waals surface area contributed by atoms with Crippen LogP contribution in [0, 0.1) is 5.92 Å². The van der Waals surface area contributed by atoms with Gasteiger partial charge in [0, 0.05) is 11.2 Å². The van der Waals surface area contributed by atoms with Crippen LogP contribution in [-0.4, -0.2) is 11.5 Å². The summed E-state index contributed by atoms with van der Waals surface area (Å²) in [7, 11) is 0. The van der Waals surface area contributed by atoms with E-state index < -0.39 is 0 Å². The van der Waals surface area contributed by atoms with Gasteiger partial charge in [0.15, 0.2) is 0 Å². The molecule has 1 rings (SSSR count). The molecule has 0 saturated carbocycles. The summed E-state index contributed by atoms with van der Waals surface area (Å²) in [5, 5.41) is 0.125. The lowest BCUT2D eigenvalue weighted by atomic mass is 10.0. The minimum absolute atomic E-state index is 0.0172. The summed E-state index contributed by atoms with van der Waals surface area (Å²) in [6.07, 6.45) is 1.81. The first kappa shape index (κ1) is 10.3. The van der Waals surface area contributed by atoms with Crippen LogP contribution < -0.4 is 0 Å². The van der Waals surface area contributed by atoms with Crippen molar-refractivity contribution in [2.45, 2.75) is 18.6 Å². The molecule has 13 heavy (non-hydrogen) atoms. The molecule has 0 aliphatic rings. The Morgan fingerprint density at radius 3 is 2.54 bits per heavy atom. The molecule has 2 atom stereocenters. The summed E-state index contributed by atoms with van der Waals surface area (Å²) < 4.78 is 0. The minimum atomic E-state index is 0.0172. The number of carbonyl (C=O) groups excluding carboxylic acids is 1. The van der Waals surface area contributed by atoms with Crippen LogP contribution in [0.4, 0.5) is 0 Å². The molecule has 0 aromatic heterocycles. The topological polar surface area (TPSA) is 17.1 Å². The molecular formula is C11H14OS. The quantitative estimate of drug-likeness (QED) is 0.575. The summed E-state index contributed by atoms with van der Waals surface area (Å²) in [5.74, 6) is 0.0172. The third kappa shape index (κ3) is 3.23. The molecule has 2 unspecified atom stereocenters. The zero-order chi connectivity index (χ0) is 9.68. The van der Waals surface area contributed by atoms with Crippen LogP contribution in [0.25, 0.3) is 0 Å². The maximum absolute atomic E-state index is 10.5. The second kappa shape index (κ2) is 5.07.